The first kappa shape index (κ1) is 27.1. The van der Waals surface area contributed by atoms with E-state index in [1.54, 1.807) is 0 Å². The van der Waals surface area contributed by atoms with Crippen molar-refractivity contribution in [2.45, 2.75) is 42.9 Å². The zero-order valence-electron chi connectivity index (χ0n) is 14.6. The highest BCUT2D eigenvalue weighted by Crippen LogP contribution is 2.42. The van der Waals surface area contributed by atoms with Crippen molar-refractivity contribution in [2.75, 3.05) is 13.7 Å². The fourth-order valence-corrected chi connectivity index (χ4v) is 2.04. The van der Waals surface area contributed by atoms with Crippen LogP contribution in [0.4, 0.5) is 30.7 Å². The number of halogens is 7. The van der Waals surface area contributed by atoms with E-state index in [2.05, 4.69) is 20.8 Å². The van der Waals surface area contributed by atoms with Gasteiger partial charge in [0, 0.05) is 12.0 Å². The minimum Gasteiger partial charge on any atom is -0.743 e. The van der Waals surface area contributed by atoms with Gasteiger partial charge in [-0.05, 0) is 13.3 Å². The van der Waals surface area contributed by atoms with E-state index in [0.29, 0.717) is 7.11 Å². The number of carbonyl (C=O) groups is 2. The van der Waals surface area contributed by atoms with Gasteiger partial charge in [0.15, 0.2) is 10.1 Å². The van der Waals surface area contributed by atoms with Crippen molar-refractivity contribution in [3.05, 3.63) is 12.2 Å². The average molecular weight is 463 g/mol. The zero-order chi connectivity index (χ0) is 23.5. The summed E-state index contributed by atoms with van der Waals surface area (Å²) in [5.41, 5.74) is -0.627. The summed E-state index contributed by atoms with van der Waals surface area (Å²) < 4.78 is 135. The van der Waals surface area contributed by atoms with Gasteiger partial charge in [0.1, 0.15) is 0 Å². The molecule has 16 heteroatoms. The third-order valence-electron chi connectivity index (χ3n) is 3.09. The molecule has 0 amide bonds. The SMILES string of the molecule is C=C(C)C(=O)OC(OCCCC(F)(F)C(F)(F)S(=O)(=O)[O-])(C(=O)OC)C(F)(F)F. The zero-order valence-corrected chi connectivity index (χ0v) is 15.5. The smallest absolute Gasteiger partial charge is 0.468 e. The number of alkyl halides is 7. The molecule has 0 aliphatic rings. The van der Waals surface area contributed by atoms with E-state index in [1.165, 1.54) is 0 Å². The van der Waals surface area contributed by atoms with Crippen LogP contribution in [0.1, 0.15) is 19.8 Å². The summed E-state index contributed by atoms with van der Waals surface area (Å²) in [6.07, 6.45) is -9.36. The first-order valence-electron chi connectivity index (χ1n) is 7.16. The highest BCUT2D eigenvalue weighted by atomic mass is 32.2. The molecule has 1 unspecified atom stereocenters. The van der Waals surface area contributed by atoms with Crippen LogP contribution in [0.5, 0.6) is 0 Å². The number of methoxy groups -OCH3 is 1. The molecule has 1 atom stereocenters. The number of ether oxygens (including phenoxy) is 3. The van der Waals surface area contributed by atoms with Gasteiger partial charge in [-0.2, -0.15) is 30.7 Å². The lowest BCUT2D eigenvalue weighted by Crippen LogP contribution is -2.58. The van der Waals surface area contributed by atoms with Gasteiger partial charge in [0.25, 0.3) is 0 Å². The van der Waals surface area contributed by atoms with Crippen LogP contribution in [0.3, 0.4) is 0 Å². The van der Waals surface area contributed by atoms with Crippen LogP contribution >= 0.6 is 0 Å². The van der Waals surface area contributed by atoms with Crippen molar-refractivity contribution in [1.82, 2.24) is 0 Å². The molecule has 0 saturated heterocycles. The summed E-state index contributed by atoms with van der Waals surface area (Å²) in [6.45, 7) is 2.30. The molecule has 0 fully saturated rings. The fourth-order valence-electron chi connectivity index (χ4n) is 1.58. The molecule has 0 spiro atoms. The van der Waals surface area contributed by atoms with Crippen molar-refractivity contribution in [3.8, 4) is 0 Å². The molecular weight excluding hydrogens is 449 g/mol. The molecule has 0 N–H and O–H groups in total. The van der Waals surface area contributed by atoms with Gasteiger partial charge in [-0.3, -0.25) is 0 Å². The van der Waals surface area contributed by atoms with Crippen molar-refractivity contribution in [1.29, 1.82) is 0 Å². The second-order valence-corrected chi connectivity index (χ2v) is 6.82. The Kier molecular flexibility index (Phi) is 8.24. The third-order valence-corrected chi connectivity index (χ3v) is 4.02. The van der Waals surface area contributed by atoms with Gasteiger partial charge in [-0.1, -0.05) is 6.58 Å². The Hall–Kier alpha value is -1.94. The van der Waals surface area contributed by atoms with E-state index in [0.717, 1.165) is 6.92 Å². The molecule has 8 nitrogen and oxygen atoms in total. The summed E-state index contributed by atoms with van der Waals surface area (Å²) in [5.74, 6) is -14.0. The molecule has 0 aliphatic heterocycles. The van der Waals surface area contributed by atoms with Crippen LogP contribution < -0.4 is 0 Å². The number of carbonyl (C=O) groups excluding carboxylic acids is 2. The average Bonchev–Trinajstić information content (AvgIpc) is 2.54. The molecular formula is C13H14F7O8S-. The van der Waals surface area contributed by atoms with Crippen LogP contribution in [0.25, 0.3) is 0 Å². The van der Waals surface area contributed by atoms with Gasteiger partial charge in [0.05, 0.1) is 13.7 Å². The van der Waals surface area contributed by atoms with Gasteiger partial charge in [-0.15, -0.1) is 0 Å². The van der Waals surface area contributed by atoms with E-state index < -0.39 is 70.2 Å². The van der Waals surface area contributed by atoms with Gasteiger partial charge >= 0.3 is 35.1 Å². The topological polar surface area (TPSA) is 119 Å². The standard InChI is InChI=1S/C13H15F7O8S/c1-7(2)8(21)28-11(9(22)26-3,12(16,17)18)27-6-4-5-10(14,15)13(19,20)29(23,24)25/h1,4-6H2,2-3H3,(H,23,24,25)/p-1. The summed E-state index contributed by atoms with van der Waals surface area (Å²) >= 11 is 0. The number of esters is 2. The maximum Gasteiger partial charge on any atom is 0.468 e. The van der Waals surface area contributed by atoms with Crippen molar-refractivity contribution in [3.63, 3.8) is 0 Å². The predicted octanol–water partition coefficient (Wildman–Crippen LogP) is 2.11. The van der Waals surface area contributed by atoms with Gasteiger partial charge in [0.2, 0.25) is 0 Å². The quantitative estimate of drug-likeness (QED) is 0.121. The Morgan fingerprint density at radius 2 is 1.55 bits per heavy atom. The van der Waals surface area contributed by atoms with Crippen molar-refractivity contribution >= 4 is 22.1 Å². The summed E-state index contributed by atoms with van der Waals surface area (Å²) in [5, 5.41) is -6.06. The van der Waals surface area contributed by atoms with E-state index in [9.17, 15) is 53.3 Å². The second-order valence-electron chi connectivity index (χ2n) is 5.40. The lowest BCUT2D eigenvalue weighted by atomic mass is 10.2. The lowest BCUT2D eigenvalue weighted by Gasteiger charge is -2.32. The lowest BCUT2D eigenvalue weighted by molar-refractivity contribution is -0.354. The maximum absolute atomic E-state index is 13.3. The monoisotopic (exact) mass is 463 g/mol. The first-order valence-corrected chi connectivity index (χ1v) is 8.56. The molecule has 0 saturated carbocycles. The number of rotatable bonds is 10. The van der Waals surface area contributed by atoms with Gasteiger partial charge < -0.3 is 18.8 Å². The molecule has 0 aromatic rings. The van der Waals surface area contributed by atoms with E-state index >= 15 is 0 Å². The normalized spacial score (nSPS) is 15.4. The fraction of sp³-hybridized carbons (Fsp3) is 0.692. The van der Waals surface area contributed by atoms with Crippen LogP contribution in [0.2, 0.25) is 0 Å². The second kappa shape index (κ2) is 8.83. The summed E-state index contributed by atoms with van der Waals surface area (Å²) in [4.78, 5) is 23.0. The summed E-state index contributed by atoms with van der Waals surface area (Å²) in [6, 6.07) is 0. The van der Waals surface area contributed by atoms with Crippen molar-refractivity contribution in [2.24, 2.45) is 0 Å². The molecule has 29 heavy (non-hydrogen) atoms. The van der Waals surface area contributed by atoms with Crippen LogP contribution in [-0.2, 0) is 33.9 Å². The Labute approximate surface area is 159 Å². The Morgan fingerprint density at radius 3 is 1.90 bits per heavy atom. The van der Waals surface area contributed by atoms with E-state index in [-0.39, 0.29) is 0 Å². The van der Waals surface area contributed by atoms with E-state index in [4.69, 9.17) is 0 Å². The largest absolute Gasteiger partial charge is 0.743 e. The van der Waals surface area contributed by atoms with Crippen LogP contribution in [0.15, 0.2) is 12.2 Å². The highest BCUT2D eigenvalue weighted by molar-refractivity contribution is 7.86. The Balaban J connectivity index is 5.58. The minimum atomic E-state index is -6.80. The third kappa shape index (κ3) is 5.79. The highest BCUT2D eigenvalue weighted by Gasteiger charge is 2.68. The minimum absolute atomic E-state index is 0.439. The molecule has 0 aromatic carbocycles. The molecule has 0 rings (SSSR count). The van der Waals surface area contributed by atoms with E-state index in [1.807, 2.05) is 0 Å². The molecule has 0 bridgehead atoms. The Morgan fingerprint density at radius 1 is 1.07 bits per heavy atom. The van der Waals surface area contributed by atoms with Crippen LogP contribution in [-0.4, -0.2) is 61.8 Å². The Bertz CT molecular complexity index is 747. The van der Waals surface area contributed by atoms with Crippen molar-refractivity contribution < 1.29 is 67.5 Å². The number of hydrogen-bond acceptors (Lipinski definition) is 8. The summed E-state index contributed by atoms with van der Waals surface area (Å²) in [7, 11) is -6.36. The molecule has 0 aromatic heterocycles. The van der Waals surface area contributed by atoms with Gasteiger partial charge in [-0.25, -0.2) is 18.0 Å². The predicted molar refractivity (Wildman–Crippen MR) is 76.5 cm³/mol. The maximum atomic E-state index is 13.3. The molecule has 0 heterocycles. The first-order chi connectivity index (χ1) is 12.8. The molecule has 0 radical (unpaired) electrons. The molecule has 0 aliphatic carbocycles. The number of hydrogen-bond donors (Lipinski definition) is 0. The van der Waals surface area contributed by atoms with Crippen LogP contribution in [0, 0.1) is 0 Å². The molecule has 170 valence electrons.